The molecule has 0 saturated heterocycles. The summed E-state index contributed by atoms with van der Waals surface area (Å²) in [6.45, 7) is 1.71. The van der Waals surface area contributed by atoms with Crippen LogP contribution >= 0.6 is 0 Å². The molecule has 0 atom stereocenters. The molecule has 10 nitrogen and oxygen atoms in total. The molecular weight excluding hydrogens is 364 g/mol. The minimum atomic E-state index is -0.667. The zero-order valence-corrected chi connectivity index (χ0v) is 15.4. The quantitative estimate of drug-likeness (QED) is 0.563. The zero-order valence-electron chi connectivity index (χ0n) is 15.4. The number of anilines is 3. The Labute approximate surface area is 159 Å². The first-order chi connectivity index (χ1) is 13.3. The number of nitrogens with one attached hydrogen (secondary N) is 2. The van der Waals surface area contributed by atoms with E-state index in [9.17, 15) is 14.4 Å². The first-order valence-electron chi connectivity index (χ1n) is 8.46. The van der Waals surface area contributed by atoms with Gasteiger partial charge in [-0.15, -0.1) is 0 Å². The molecule has 0 aliphatic heterocycles. The van der Waals surface area contributed by atoms with Crippen molar-refractivity contribution in [2.24, 2.45) is 0 Å². The van der Waals surface area contributed by atoms with Gasteiger partial charge < -0.3 is 20.5 Å². The van der Waals surface area contributed by atoms with Gasteiger partial charge in [0, 0.05) is 13.1 Å². The molecule has 0 aliphatic carbocycles. The summed E-state index contributed by atoms with van der Waals surface area (Å²) in [5.74, 6) is 0.379. The van der Waals surface area contributed by atoms with Crippen molar-refractivity contribution in [1.82, 2.24) is 14.7 Å². The van der Waals surface area contributed by atoms with Gasteiger partial charge in [-0.1, -0.05) is 35.5 Å². The minimum Gasteiger partial charge on any atom is -0.383 e. The van der Waals surface area contributed by atoms with E-state index < -0.39 is 17.2 Å². The number of carbonyl (C=O) groups excluding carboxylic acids is 1. The second-order valence-electron chi connectivity index (χ2n) is 6.29. The van der Waals surface area contributed by atoms with Crippen molar-refractivity contribution in [3.8, 4) is 0 Å². The van der Waals surface area contributed by atoms with Gasteiger partial charge in [-0.05, 0) is 12.5 Å². The lowest BCUT2D eigenvalue weighted by Crippen LogP contribution is -2.39. The molecule has 1 amide bonds. The van der Waals surface area contributed by atoms with Crippen molar-refractivity contribution < 1.29 is 9.32 Å². The lowest BCUT2D eigenvalue weighted by Gasteiger charge is -2.21. The van der Waals surface area contributed by atoms with Crippen LogP contribution in [0.4, 0.5) is 17.3 Å². The van der Waals surface area contributed by atoms with Gasteiger partial charge in [0.05, 0.1) is 13.1 Å². The standard InChI is InChI=1S/C18H20N6O4/c1-11-8-13(22-28-11)20-14(25)10-23(2)15-16(19)24(18(27)21-17(15)26)9-12-6-4-3-5-7-12/h3-8H,9-10,19H2,1-2H3,(H,20,22,25)(H,21,26,27). The van der Waals surface area contributed by atoms with Gasteiger partial charge in [0.1, 0.15) is 17.3 Å². The predicted molar refractivity (Wildman–Crippen MR) is 104 cm³/mol. The third-order valence-corrected chi connectivity index (χ3v) is 4.06. The average molecular weight is 384 g/mol. The summed E-state index contributed by atoms with van der Waals surface area (Å²) in [6, 6.07) is 10.8. The fourth-order valence-corrected chi connectivity index (χ4v) is 2.77. The summed E-state index contributed by atoms with van der Waals surface area (Å²) < 4.78 is 6.14. The van der Waals surface area contributed by atoms with E-state index in [1.54, 1.807) is 13.0 Å². The highest BCUT2D eigenvalue weighted by atomic mass is 16.5. The van der Waals surface area contributed by atoms with Gasteiger partial charge >= 0.3 is 5.69 Å². The summed E-state index contributed by atoms with van der Waals surface area (Å²) >= 11 is 0. The molecule has 146 valence electrons. The van der Waals surface area contributed by atoms with Crippen LogP contribution in [0.25, 0.3) is 0 Å². The van der Waals surface area contributed by atoms with Crippen LogP contribution in [0.15, 0.2) is 50.5 Å². The molecule has 10 heteroatoms. The lowest BCUT2D eigenvalue weighted by molar-refractivity contribution is -0.115. The number of benzene rings is 1. The van der Waals surface area contributed by atoms with E-state index in [1.165, 1.54) is 16.5 Å². The number of carbonyl (C=O) groups is 1. The van der Waals surface area contributed by atoms with Crippen LogP contribution in [0.3, 0.4) is 0 Å². The number of hydrogen-bond donors (Lipinski definition) is 3. The third-order valence-electron chi connectivity index (χ3n) is 4.06. The summed E-state index contributed by atoms with van der Waals surface area (Å²) in [5.41, 5.74) is 5.69. The van der Waals surface area contributed by atoms with Crippen molar-refractivity contribution in [2.45, 2.75) is 13.5 Å². The Morgan fingerprint density at radius 2 is 2.04 bits per heavy atom. The first kappa shape index (κ1) is 19.0. The van der Waals surface area contributed by atoms with Crippen LogP contribution in [0, 0.1) is 6.92 Å². The van der Waals surface area contributed by atoms with E-state index in [1.807, 2.05) is 30.3 Å². The van der Waals surface area contributed by atoms with Crippen molar-refractivity contribution in [3.05, 3.63) is 68.6 Å². The predicted octanol–water partition coefficient (Wildman–Crippen LogP) is 0.538. The monoisotopic (exact) mass is 384 g/mol. The minimum absolute atomic E-state index is 0.0230. The Kier molecular flexibility index (Phi) is 5.30. The van der Waals surface area contributed by atoms with Crippen LogP contribution in [-0.2, 0) is 11.3 Å². The van der Waals surface area contributed by atoms with E-state index in [0.29, 0.717) is 5.76 Å². The number of nitrogens with two attached hydrogens (primary N) is 1. The Morgan fingerprint density at radius 3 is 2.68 bits per heavy atom. The van der Waals surface area contributed by atoms with Gasteiger partial charge in [-0.25, -0.2) is 4.79 Å². The molecular formula is C18H20N6O4. The Bertz CT molecular complexity index is 1100. The second kappa shape index (κ2) is 7.82. The number of rotatable bonds is 6. The lowest BCUT2D eigenvalue weighted by atomic mass is 10.2. The van der Waals surface area contributed by atoms with Crippen LogP contribution in [0.1, 0.15) is 11.3 Å². The summed E-state index contributed by atoms with van der Waals surface area (Å²) in [6.07, 6.45) is 0. The first-order valence-corrected chi connectivity index (χ1v) is 8.46. The normalized spacial score (nSPS) is 10.6. The molecule has 0 radical (unpaired) electrons. The van der Waals surface area contributed by atoms with Gasteiger partial charge in [0.25, 0.3) is 5.56 Å². The smallest absolute Gasteiger partial charge is 0.330 e. The molecule has 3 rings (SSSR count). The highest BCUT2D eigenvalue weighted by molar-refractivity contribution is 5.93. The Morgan fingerprint density at radius 1 is 1.32 bits per heavy atom. The molecule has 0 saturated carbocycles. The maximum absolute atomic E-state index is 12.3. The van der Waals surface area contributed by atoms with Crippen molar-refractivity contribution in [1.29, 1.82) is 0 Å². The number of aromatic amines is 1. The number of H-pyrrole nitrogens is 1. The van der Waals surface area contributed by atoms with E-state index in [-0.39, 0.29) is 30.4 Å². The number of aromatic nitrogens is 3. The summed E-state index contributed by atoms with van der Waals surface area (Å²) in [7, 11) is 1.53. The van der Waals surface area contributed by atoms with E-state index in [2.05, 4.69) is 15.5 Å². The van der Waals surface area contributed by atoms with E-state index >= 15 is 0 Å². The fraction of sp³-hybridized carbons (Fsp3) is 0.222. The zero-order chi connectivity index (χ0) is 20.3. The third kappa shape index (κ3) is 4.11. The largest absolute Gasteiger partial charge is 0.383 e. The SMILES string of the molecule is Cc1cc(NC(=O)CN(C)c2c(N)n(Cc3ccccc3)c(=O)[nH]c2=O)no1. The highest BCUT2D eigenvalue weighted by Crippen LogP contribution is 2.16. The van der Waals surface area contributed by atoms with Gasteiger partial charge in [-0.3, -0.25) is 19.1 Å². The van der Waals surface area contributed by atoms with Gasteiger partial charge in [-0.2, -0.15) is 0 Å². The fourth-order valence-electron chi connectivity index (χ4n) is 2.77. The molecule has 0 aliphatic rings. The summed E-state index contributed by atoms with van der Waals surface area (Å²) in [5, 5.41) is 6.24. The van der Waals surface area contributed by atoms with E-state index in [4.69, 9.17) is 10.3 Å². The molecule has 0 spiro atoms. The molecule has 28 heavy (non-hydrogen) atoms. The molecule has 4 N–H and O–H groups in total. The maximum atomic E-state index is 12.3. The number of amides is 1. The van der Waals surface area contributed by atoms with Crippen LogP contribution in [-0.4, -0.2) is 34.2 Å². The number of nitrogen functional groups attached to an aromatic ring is 1. The van der Waals surface area contributed by atoms with Crippen molar-refractivity contribution in [2.75, 3.05) is 29.5 Å². The number of likely N-dealkylation sites (N-methyl/N-ethyl adjacent to an activating group) is 1. The average Bonchev–Trinajstić information content (AvgIpc) is 3.03. The molecule has 2 aromatic heterocycles. The van der Waals surface area contributed by atoms with Gasteiger partial charge in [0.2, 0.25) is 5.91 Å². The van der Waals surface area contributed by atoms with Crippen molar-refractivity contribution >= 4 is 23.2 Å². The van der Waals surface area contributed by atoms with Crippen molar-refractivity contribution in [3.63, 3.8) is 0 Å². The molecule has 3 aromatic rings. The molecule has 2 heterocycles. The molecule has 0 bridgehead atoms. The van der Waals surface area contributed by atoms with Crippen LogP contribution in [0.5, 0.6) is 0 Å². The molecule has 0 unspecified atom stereocenters. The number of aryl methyl sites for hydroxylation is 1. The molecule has 0 fully saturated rings. The maximum Gasteiger partial charge on any atom is 0.330 e. The number of hydrogen-bond acceptors (Lipinski definition) is 7. The highest BCUT2D eigenvalue weighted by Gasteiger charge is 2.19. The van der Waals surface area contributed by atoms with Gasteiger partial charge in [0.15, 0.2) is 5.82 Å². The Balaban J connectivity index is 1.84. The van der Waals surface area contributed by atoms with Crippen LogP contribution in [0.2, 0.25) is 0 Å². The Hall–Kier alpha value is -3.82. The second-order valence-corrected chi connectivity index (χ2v) is 6.29. The molecule has 1 aromatic carbocycles. The number of nitrogens with zero attached hydrogens (tertiary/aromatic N) is 3. The van der Waals surface area contributed by atoms with Crippen LogP contribution < -0.4 is 27.2 Å². The summed E-state index contributed by atoms with van der Waals surface area (Å²) in [4.78, 5) is 40.4. The topological polar surface area (TPSA) is 139 Å². The van der Waals surface area contributed by atoms with E-state index in [0.717, 1.165) is 5.56 Å².